The third-order valence-corrected chi connectivity index (χ3v) is 4.44. The summed E-state index contributed by atoms with van der Waals surface area (Å²) in [6.07, 6.45) is 1.88. The van der Waals surface area contributed by atoms with Gasteiger partial charge in [-0.15, -0.1) is 0 Å². The van der Waals surface area contributed by atoms with Crippen molar-refractivity contribution >= 4 is 17.7 Å². The normalized spacial score (nSPS) is 15.6. The van der Waals surface area contributed by atoms with Gasteiger partial charge in [-0.3, -0.25) is 9.69 Å². The van der Waals surface area contributed by atoms with E-state index in [9.17, 15) is 9.59 Å². The lowest BCUT2D eigenvalue weighted by Crippen LogP contribution is -2.43. The third kappa shape index (κ3) is 2.86. The highest BCUT2D eigenvalue weighted by Gasteiger charge is 2.41. The van der Waals surface area contributed by atoms with E-state index in [0.29, 0.717) is 6.54 Å². The molecule has 1 aliphatic heterocycles. The molecule has 114 valence electrons. The van der Waals surface area contributed by atoms with E-state index < -0.39 is 5.97 Å². The fourth-order valence-electron chi connectivity index (χ4n) is 3.04. The van der Waals surface area contributed by atoms with Crippen LogP contribution in [-0.2, 0) is 10.2 Å². The zero-order chi connectivity index (χ0) is 15.5. The van der Waals surface area contributed by atoms with E-state index in [1.165, 1.54) is 5.56 Å². The highest BCUT2D eigenvalue weighted by atomic mass is 16.4. The number of aliphatic carboxylic acids is 1. The number of nitrogens with zero attached hydrogens (tertiary/aromatic N) is 1. The van der Waals surface area contributed by atoms with Gasteiger partial charge in [-0.2, -0.15) is 0 Å². The van der Waals surface area contributed by atoms with Crippen molar-refractivity contribution in [2.45, 2.75) is 38.5 Å². The van der Waals surface area contributed by atoms with Crippen LogP contribution in [0.15, 0.2) is 24.3 Å². The van der Waals surface area contributed by atoms with Gasteiger partial charge >= 0.3 is 12.0 Å². The Labute approximate surface area is 125 Å². The Kier molecular flexibility index (Phi) is 4.50. The van der Waals surface area contributed by atoms with Gasteiger partial charge in [-0.1, -0.05) is 32.0 Å². The van der Waals surface area contributed by atoms with Gasteiger partial charge in [0, 0.05) is 24.2 Å². The Morgan fingerprint density at radius 1 is 1.29 bits per heavy atom. The number of fused-ring (bicyclic) bond motifs is 1. The summed E-state index contributed by atoms with van der Waals surface area (Å²) in [6, 6.07) is 7.77. The van der Waals surface area contributed by atoms with Gasteiger partial charge in [-0.25, -0.2) is 4.79 Å². The largest absolute Gasteiger partial charge is 0.481 e. The van der Waals surface area contributed by atoms with E-state index >= 15 is 0 Å². The van der Waals surface area contributed by atoms with Crippen molar-refractivity contribution in [1.29, 1.82) is 0 Å². The van der Waals surface area contributed by atoms with Gasteiger partial charge in [0.25, 0.3) is 0 Å². The van der Waals surface area contributed by atoms with E-state index in [2.05, 4.69) is 25.2 Å². The summed E-state index contributed by atoms with van der Waals surface area (Å²) in [4.78, 5) is 24.6. The maximum atomic E-state index is 12.3. The Balaban J connectivity index is 2.19. The quantitative estimate of drug-likeness (QED) is 0.876. The molecule has 21 heavy (non-hydrogen) atoms. The van der Waals surface area contributed by atoms with Gasteiger partial charge in [-0.05, 0) is 24.5 Å². The molecule has 0 aliphatic carbocycles. The lowest BCUT2D eigenvalue weighted by molar-refractivity contribution is -0.136. The molecule has 2 N–H and O–H groups in total. The van der Waals surface area contributed by atoms with Crippen molar-refractivity contribution < 1.29 is 14.7 Å². The Hall–Kier alpha value is -2.04. The molecule has 1 aromatic carbocycles. The molecule has 0 aromatic heterocycles. The lowest BCUT2D eigenvalue weighted by Gasteiger charge is -2.27. The summed E-state index contributed by atoms with van der Waals surface area (Å²) in [7, 11) is 0. The first-order valence-corrected chi connectivity index (χ1v) is 7.40. The average molecular weight is 290 g/mol. The molecule has 0 saturated heterocycles. The lowest BCUT2D eigenvalue weighted by atomic mass is 9.78. The Morgan fingerprint density at radius 2 is 1.95 bits per heavy atom. The van der Waals surface area contributed by atoms with Crippen LogP contribution in [0.4, 0.5) is 10.5 Å². The SMILES string of the molecule is CCC1(CC)CN(C(=O)NCCC(=O)O)c2ccccc21. The number of anilines is 1. The van der Waals surface area contributed by atoms with Gasteiger partial charge in [0.05, 0.1) is 6.42 Å². The first kappa shape index (κ1) is 15.4. The number of nitrogens with one attached hydrogen (secondary N) is 1. The summed E-state index contributed by atoms with van der Waals surface area (Å²) in [5.74, 6) is -0.909. The average Bonchev–Trinajstić information content (AvgIpc) is 2.82. The molecular weight excluding hydrogens is 268 g/mol. The van der Waals surface area contributed by atoms with Crippen LogP contribution in [0.5, 0.6) is 0 Å². The maximum absolute atomic E-state index is 12.3. The summed E-state index contributed by atoms with van der Waals surface area (Å²) < 4.78 is 0. The van der Waals surface area contributed by atoms with Crippen LogP contribution >= 0.6 is 0 Å². The summed E-state index contributed by atoms with van der Waals surface area (Å²) in [5.41, 5.74) is 2.15. The molecule has 1 heterocycles. The minimum Gasteiger partial charge on any atom is -0.481 e. The molecule has 2 amide bonds. The molecule has 0 bridgehead atoms. The molecule has 5 heteroatoms. The predicted molar refractivity (Wildman–Crippen MR) is 81.7 cm³/mol. The van der Waals surface area contributed by atoms with Crippen molar-refractivity contribution in [3.8, 4) is 0 Å². The number of carboxylic acids is 1. The molecule has 0 atom stereocenters. The minimum atomic E-state index is -0.909. The summed E-state index contributed by atoms with van der Waals surface area (Å²) >= 11 is 0. The van der Waals surface area contributed by atoms with E-state index in [0.717, 1.165) is 18.5 Å². The second kappa shape index (κ2) is 6.16. The van der Waals surface area contributed by atoms with Crippen molar-refractivity contribution in [2.24, 2.45) is 0 Å². The standard InChI is InChI=1S/C16H22N2O3/c1-3-16(4-2)11-18(13-8-6-5-7-12(13)16)15(21)17-10-9-14(19)20/h5-8H,3-4,9-11H2,1-2H3,(H,17,21)(H,19,20). The first-order valence-electron chi connectivity index (χ1n) is 7.40. The second-order valence-electron chi connectivity index (χ2n) is 5.47. The van der Waals surface area contributed by atoms with Crippen LogP contribution in [0.25, 0.3) is 0 Å². The number of carbonyl (C=O) groups excluding carboxylic acids is 1. The highest BCUT2D eigenvalue weighted by Crippen LogP contribution is 2.44. The van der Waals surface area contributed by atoms with Gasteiger partial charge in [0.15, 0.2) is 0 Å². The number of carbonyl (C=O) groups is 2. The van der Waals surface area contributed by atoms with Gasteiger partial charge in [0.2, 0.25) is 0 Å². The van der Waals surface area contributed by atoms with E-state index in [1.807, 2.05) is 18.2 Å². The third-order valence-electron chi connectivity index (χ3n) is 4.44. The van der Waals surface area contributed by atoms with Crippen molar-refractivity contribution in [3.63, 3.8) is 0 Å². The fourth-order valence-corrected chi connectivity index (χ4v) is 3.04. The van der Waals surface area contributed by atoms with Crippen LogP contribution in [0.3, 0.4) is 0 Å². The number of carboxylic acid groups (broad SMARTS) is 1. The summed E-state index contributed by atoms with van der Waals surface area (Å²) in [5, 5.41) is 11.3. The zero-order valence-electron chi connectivity index (χ0n) is 12.6. The van der Waals surface area contributed by atoms with Gasteiger partial charge < -0.3 is 10.4 Å². The van der Waals surface area contributed by atoms with E-state index in [-0.39, 0.29) is 24.4 Å². The summed E-state index contributed by atoms with van der Waals surface area (Å²) in [6.45, 7) is 5.09. The van der Waals surface area contributed by atoms with Crippen LogP contribution in [0.2, 0.25) is 0 Å². The van der Waals surface area contributed by atoms with Crippen molar-refractivity contribution in [2.75, 3.05) is 18.0 Å². The maximum Gasteiger partial charge on any atom is 0.321 e. The van der Waals surface area contributed by atoms with E-state index in [4.69, 9.17) is 5.11 Å². The molecule has 1 aliphatic rings. The number of hydrogen-bond acceptors (Lipinski definition) is 2. The molecule has 0 radical (unpaired) electrons. The predicted octanol–water partition coefficient (Wildman–Crippen LogP) is 2.75. The second-order valence-corrected chi connectivity index (χ2v) is 5.47. The number of para-hydroxylation sites is 1. The van der Waals surface area contributed by atoms with Gasteiger partial charge in [0.1, 0.15) is 0 Å². The molecule has 0 spiro atoms. The molecule has 2 rings (SSSR count). The number of amides is 2. The van der Waals surface area contributed by atoms with Crippen LogP contribution in [0.1, 0.15) is 38.7 Å². The fraction of sp³-hybridized carbons (Fsp3) is 0.500. The molecule has 5 nitrogen and oxygen atoms in total. The topological polar surface area (TPSA) is 69.6 Å². The van der Waals surface area contributed by atoms with Crippen LogP contribution in [-0.4, -0.2) is 30.2 Å². The molecular formula is C16H22N2O3. The Morgan fingerprint density at radius 3 is 2.57 bits per heavy atom. The Bertz CT molecular complexity index is 538. The molecule has 0 unspecified atom stereocenters. The molecule has 1 aromatic rings. The number of benzene rings is 1. The van der Waals surface area contributed by atoms with Crippen LogP contribution in [0, 0.1) is 0 Å². The monoisotopic (exact) mass is 290 g/mol. The van der Waals surface area contributed by atoms with Crippen LogP contribution < -0.4 is 10.2 Å². The zero-order valence-corrected chi connectivity index (χ0v) is 12.6. The van der Waals surface area contributed by atoms with E-state index in [1.54, 1.807) is 4.90 Å². The smallest absolute Gasteiger partial charge is 0.321 e. The number of urea groups is 1. The highest BCUT2D eigenvalue weighted by molar-refractivity contribution is 5.95. The molecule has 0 saturated carbocycles. The molecule has 0 fully saturated rings. The minimum absolute atomic E-state index is 0.000726. The first-order chi connectivity index (χ1) is 10.0. The number of hydrogen-bond donors (Lipinski definition) is 2. The number of rotatable bonds is 5. The van der Waals surface area contributed by atoms with Crippen molar-refractivity contribution in [3.05, 3.63) is 29.8 Å². The van der Waals surface area contributed by atoms with Crippen molar-refractivity contribution in [1.82, 2.24) is 5.32 Å².